The van der Waals surface area contributed by atoms with E-state index in [0.29, 0.717) is 33.5 Å². The molecule has 0 unspecified atom stereocenters. The van der Waals surface area contributed by atoms with Crippen LogP contribution in [0.3, 0.4) is 0 Å². The molecule has 2 N–H and O–H groups in total. The number of nitrogens with zero attached hydrogens (tertiary/aromatic N) is 2. The van der Waals surface area contributed by atoms with Crippen molar-refractivity contribution in [2.24, 2.45) is 5.10 Å². The monoisotopic (exact) mass is 620 g/mol. The van der Waals surface area contributed by atoms with Gasteiger partial charge in [0.05, 0.1) is 23.9 Å². The van der Waals surface area contributed by atoms with Crippen molar-refractivity contribution >= 4 is 51.0 Å². The van der Waals surface area contributed by atoms with Gasteiger partial charge in [-0.15, -0.1) is 0 Å². The van der Waals surface area contributed by atoms with Crippen LogP contribution in [0.25, 0.3) is 0 Å². The lowest BCUT2D eigenvalue weighted by Gasteiger charge is -2.24. The van der Waals surface area contributed by atoms with Crippen LogP contribution in [0.15, 0.2) is 107 Å². The number of benzene rings is 4. The van der Waals surface area contributed by atoms with E-state index < -0.39 is 22.5 Å². The number of hydrogen-bond donors (Lipinski definition) is 2. The highest BCUT2D eigenvalue weighted by atomic mass is 35.5. The lowest BCUT2D eigenvalue weighted by atomic mass is 10.2. The number of carbonyl (C=O) groups excluding carboxylic acids is 2. The molecule has 0 atom stereocenters. The van der Waals surface area contributed by atoms with Gasteiger partial charge in [0.25, 0.3) is 21.8 Å². The zero-order chi connectivity index (χ0) is 30.8. The van der Waals surface area contributed by atoms with Crippen LogP contribution in [0, 0.1) is 6.92 Å². The van der Waals surface area contributed by atoms with Gasteiger partial charge < -0.3 is 14.8 Å². The van der Waals surface area contributed by atoms with Crippen molar-refractivity contribution in [3.63, 3.8) is 0 Å². The Hall–Kier alpha value is -4.87. The molecule has 0 saturated carbocycles. The van der Waals surface area contributed by atoms with E-state index in [-0.39, 0.29) is 17.4 Å². The summed E-state index contributed by atoms with van der Waals surface area (Å²) >= 11 is 5.93. The number of aryl methyl sites for hydroxylation is 1. The Morgan fingerprint density at radius 3 is 2.23 bits per heavy atom. The van der Waals surface area contributed by atoms with Gasteiger partial charge in [-0.05, 0) is 91.3 Å². The first-order valence-corrected chi connectivity index (χ1v) is 14.8. The molecule has 0 spiro atoms. The predicted molar refractivity (Wildman–Crippen MR) is 166 cm³/mol. The van der Waals surface area contributed by atoms with Gasteiger partial charge in [-0.25, -0.2) is 13.8 Å². The topological polar surface area (TPSA) is 126 Å². The standard InChI is InChI=1S/C31H29ClN4O6S/c1-22-6-10-26(11-7-22)36(43(39,40)29-16-14-27(41-2)15-17-29)20-30(37)35-33-19-23-8-12-28(13-9-23)42-21-31(38)34-25-5-3-4-24(32)18-25/h3-19H,20-21H2,1-2H3,(H,34,38)(H,35,37)/b33-19-. The van der Waals surface area contributed by atoms with Crippen LogP contribution in [-0.4, -0.2) is 46.7 Å². The predicted octanol–water partition coefficient (Wildman–Crippen LogP) is 5.02. The fourth-order valence-electron chi connectivity index (χ4n) is 3.81. The van der Waals surface area contributed by atoms with Gasteiger partial charge in [-0.2, -0.15) is 5.10 Å². The van der Waals surface area contributed by atoms with E-state index in [1.165, 1.54) is 37.6 Å². The lowest BCUT2D eigenvalue weighted by molar-refractivity contribution is -0.119. The second-order valence-electron chi connectivity index (χ2n) is 9.23. The van der Waals surface area contributed by atoms with Gasteiger partial charge in [-0.3, -0.25) is 13.9 Å². The number of nitrogens with one attached hydrogen (secondary N) is 2. The Morgan fingerprint density at radius 2 is 1.58 bits per heavy atom. The van der Waals surface area contributed by atoms with Gasteiger partial charge in [0.2, 0.25) is 0 Å². The Labute approximate surface area is 254 Å². The first kappa shape index (κ1) is 31.1. The summed E-state index contributed by atoms with van der Waals surface area (Å²) in [5.41, 5.74) is 4.85. The number of ether oxygens (including phenoxy) is 2. The number of hydrogen-bond acceptors (Lipinski definition) is 7. The SMILES string of the molecule is COc1ccc(S(=O)(=O)N(CC(=O)N/N=C\c2ccc(OCC(=O)Nc3cccc(Cl)c3)cc2)c2ccc(C)cc2)cc1. The first-order chi connectivity index (χ1) is 20.6. The minimum absolute atomic E-state index is 0.00873. The van der Waals surface area contributed by atoms with Crippen LogP contribution in [0.2, 0.25) is 5.02 Å². The Morgan fingerprint density at radius 1 is 0.907 bits per heavy atom. The molecule has 4 aromatic carbocycles. The van der Waals surface area contributed by atoms with Gasteiger partial charge in [0, 0.05) is 10.7 Å². The number of amides is 2. The number of halogens is 1. The summed E-state index contributed by atoms with van der Waals surface area (Å²) in [7, 11) is -2.60. The van der Waals surface area contributed by atoms with E-state index in [0.717, 1.165) is 9.87 Å². The van der Waals surface area contributed by atoms with Crippen LogP contribution < -0.4 is 24.5 Å². The van der Waals surface area contributed by atoms with E-state index >= 15 is 0 Å². The Kier molecular flexibility index (Phi) is 10.4. The van der Waals surface area contributed by atoms with E-state index in [9.17, 15) is 18.0 Å². The molecule has 0 aliphatic carbocycles. The number of methoxy groups -OCH3 is 1. The molecule has 0 saturated heterocycles. The molecule has 43 heavy (non-hydrogen) atoms. The van der Waals surface area contributed by atoms with Gasteiger partial charge in [-0.1, -0.05) is 35.4 Å². The zero-order valence-corrected chi connectivity index (χ0v) is 24.9. The molecule has 4 aromatic rings. The highest BCUT2D eigenvalue weighted by Gasteiger charge is 2.27. The molecule has 2 amide bonds. The average molecular weight is 621 g/mol. The minimum Gasteiger partial charge on any atom is -0.497 e. The molecule has 10 nitrogen and oxygen atoms in total. The molecule has 4 rings (SSSR count). The second kappa shape index (κ2) is 14.3. The third-order valence-corrected chi connectivity index (χ3v) is 8.04. The lowest BCUT2D eigenvalue weighted by Crippen LogP contribution is -2.39. The Bertz CT molecular complexity index is 1690. The average Bonchev–Trinajstić information content (AvgIpc) is 3.00. The highest BCUT2D eigenvalue weighted by molar-refractivity contribution is 7.92. The van der Waals surface area contributed by atoms with E-state index in [2.05, 4.69) is 15.8 Å². The fourth-order valence-corrected chi connectivity index (χ4v) is 5.42. The van der Waals surface area contributed by atoms with Crippen LogP contribution in [0.1, 0.15) is 11.1 Å². The number of carbonyl (C=O) groups is 2. The van der Waals surface area contributed by atoms with Crippen molar-refractivity contribution in [1.82, 2.24) is 5.43 Å². The third-order valence-electron chi connectivity index (χ3n) is 6.02. The second-order valence-corrected chi connectivity index (χ2v) is 11.5. The molecule has 0 heterocycles. The first-order valence-electron chi connectivity index (χ1n) is 13.0. The number of rotatable bonds is 12. The fraction of sp³-hybridized carbons (Fsp3) is 0.129. The quantitative estimate of drug-likeness (QED) is 0.169. The summed E-state index contributed by atoms with van der Waals surface area (Å²) in [6, 6.07) is 26.2. The van der Waals surface area contributed by atoms with Crippen LogP contribution in [0.5, 0.6) is 11.5 Å². The van der Waals surface area contributed by atoms with Crippen LogP contribution >= 0.6 is 11.6 Å². The maximum atomic E-state index is 13.5. The summed E-state index contributed by atoms with van der Waals surface area (Å²) in [5.74, 6) is -0.0180. The van der Waals surface area contributed by atoms with Crippen molar-refractivity contribution in [2.75, 3.05) is 29.9 Å². The number of anilines is 2. The third kappa shape index (κ3) is 8.81. The van der Waals surface area contributed by atoms with Gasteiger partial charge in [0.1, 0.15) is 18.0 Å². The van der Waals surface area contributed by atoms with Crippen molar-refractivity contribution in [1.29, 1.82) is 0 Å². The normalized spacial score (nSPS) is 11.1. The summed E-state index contributed by atoms with van der Waals surface area (Å²) in [4.78, 5) is 24.9. The maximum absolute atomic E-state index is 13.5. The van der Waals surface area contributed by atoms with Crippen molar-refractivity contribution in [3.8, 4) is 11.5 Å². The molecule has 0 fully saturated rings. The molecule has 12 heteroatoms. The minimum atomic E-state index is -4.08. The van der Waals surface area contributed by atoms with E-state index in [1.54, 1.807) is 72.8 Å². The molecule has 0 aliphatic rings. The number of sulfonamides is 1. The molecule has 222 valence electrons. The maximum Gasteiger partial charge on any atom is 0.264 e. The largest absolute Gasteiger partial charge is 0.497 e. The zero-order valence-electron chi connectivity index (χ0n) is 23.4. The van der Waals surface area contributed by atoms with Crippen molar-refractivity contribution in [3.05, 3.63) is 113 Å². The number of hydrazone groups is 1. The molecule has 0 aliphatic heterocycles. The Balaban J connectivity index is 1.35. The molecule has 0 bridgehead atoms. The molecular weight excluding hydrogens is 592 g/mol. The van der Waals surface area contributed by atoms with Crippen molar-refractivity contribution < 1.29 is 27.5 Å². The summed E-state index contributed by atoms with van der Waals surface area (Å²) in [5, 5.41) is 7.16. The molecule has 0 aromatic heterocycles. The van der Waals surface area contributed by atoms with E-state index in [4.69, 9.17) is 21.1 Å². The van der Waals surface area contributed by atoms with Gasteiger partial charge in [0.15, 0.2) is 6.61 Å². The van der Waals surface area contributed by atoms with Crippen LogP contribution in [0.4, 0.5) is 11.4 Å². The molecule has 0 radical (unpaired) electrons. The van der Waals surface area contributed by atoms with Crippen LogP contribution in [-0.2, 0) is 19.6 Å². The highest BCUT2D eigenvalue weighted by Crippen LogP contribution is 2.25. The summed E-state index contributed by atoms with van der Waals surface area (Å²) < 4.78 is 38.7. The van der Waals surface area contributed by atoms with Gasteiger partial charge >= 0.3 is 0 Å². The smallest absolute Gasteiger partial charge is 0.264 e. The summed E-state index contributed by atoms with van der Waals surface area (Å²) in [6.45, 7) is 1.18. The van der Waals surface area contributed by atoms with E-state index in [1.807, 2.05) is 6.92 Å². The summed E-state index contributed by atoms with van der Waals surface area (Å²) in [6.07, 6.45) is 1.40. The molecular formula is C31H29ClN4O6S. The van der Waals surface area contributed by atoms with Crippen molar-refractivity contribution in [2.45, 2.75) is 11.8 Å².